The number of H-pyrrole nitrogens is 1. The summed E-state index contributed by atoms with van der Waals surface area (Å²) in [5.74, 6) is -1.03. The molecule has 2 amide bonds. The molecule has 2 aromatic heterocycles. The second kappa shape index (κ2) is 9.15. The molecule has 2 heterocycles. The number of amides is 2. The van der Waals surface area contributed by atoms with Gasteiger partial charge in [-0.2, -0.15) is 0 Å². The van der Waals surface area contributed by atoms with E-state index in [9.17, 15) is 19.2 Å². The Labute approximate surface area is 214 Å². The number of carbonyl (C=O) groups excluding carboxylic acids is 2. The summed E-state index contributed by atoms with van der Waals surface area (Å²) in [5.41, 5.74) is 0.299. The zero-order valence-electron chi connectivity index (χ0n) is 20.4. The average Bonchev–Trinajstić information content (AvgIpc) is 3.59. The van der Waals surface area contributed by atoms with Crippen molar-refractivity contribution in [3.05, 3.63) is 62.8 Å². The van der Waals surface area contributed by atoms with Crippen LogP contribution in [0.1, 0.15) is 39.7 Å². The number of anilines is 1. The number of aromatic nitrogens is 2. The Hall–Kier alpha value is -3.99. The largest absolute Gasteiger partial charge is 0.444 e. The molecule has 5 rings (SSSR count). The van der Waals surface area contributed by atoms with Gasteiger partial charge in [0.1, 0.15) is 28.2 Å². The van der Waals surface area contributed by atoms with Gasteiger partial charge in [-0.15, -0.1) is 0 Å². The van der Waals surface area contributed by atoms with Crippen LogP contribution in [0.25, 0.3) is 32.2 Å². The van der Waals surface area contributed by atoms with Gasteiger partial charge in [-0.05, 0) is 75.0 Å². The number of aromatic amines is 1. The summed E-state index contributed by atoms with van der Waals surface area (Å²) >= 11 is 1.12. The van der Waals surface area contributed by atoms with E-state index in [-0.39, 0.29) is 23.4 Å². The lowest BCUT2D eigenvalue weighted by molar-refractivity contribution is -0.115. The summed E-state index contributed by atoms with van der Waals surface area (Å²) < 4.78 is 24.9. The summed E-state index contributed by atoms with van der Waals surface area (Å²) in [6.45, 7) is 4.90. The third kappa shape index (κ3) is 4.99. The standard InChI is InChI=1S/C26H25FN4O5S/c1-26(2,3)36-25(35)28-12-20(32)29-14-6-4-13(5-7-14)16-11-19-17(10-18(16)27)22(33)21-23(34)30-37-24(21)31(19)15-8-9-15/h4-7,10-11,15H,8-9,12H2,1-3H3,(H,28,35)(H,29,32)(H,30,34). The van der Waals surface area contributed by atoms with E-state index in [1.165, 1.54) is 6.07 Å². The lowest BCUT2D eigenvalue weighted by atomic mass is 10.0. The van der Waals surface area contributed by atoms with Gasteiger partial charge < -0.3 is 19.9 Å². The van der Waals surface area contributed by atoms with Crippen molar-refractivity contribution in [2.24, 2.45) is 0 Å². The molecule has 2 aromatic carbocycles. The van der Waals surface area contributed by atoms with Crippen LogP contribution in [-0.2, 0) is 9.53 Å². The molecular weight excluding hydrogens is 499 g/mol. The third-order valence-corrected chi connectivity index (χ3v) is 6.78. The number of pyridine rings is 1. The molecular formula is C26H25FN4O5S. The number of fused-ring (bicyclic) bond motifs is 2. The van der Waals surface area contributed by atoms with Gasteiger partial charge in [-0.1, -0.05) is 12.1 Å². The molecule has 9 nitrogen and oxygen atoms in total. The van der Waals surface area contributed by atoms with Gasteiger partial charge in [0.15, 0.2) is 0 Å². The summed E-state index contributed by atoms with van der Waals surface area (Å²) in [5, 5.41) is 5.29. The van der Waals surface area contributed by atoms with E-state index in [0.717, 1.165) is 24.4 Å². The van der Waals surface area contributed by atoms with Gasteiger partial charge >= 0.3 is 6.09 Å². The summed E-state index contributed by atoms with van der Waals surface area (Å²) in [7, 11) is 0. The first-order valence-electron chi connectivity index (χ1n) is 11.8. The molecule has 0 atom stereocenters. The maximum absolute atomic E-state index is 15.2. The number of alkyl carbamates (subject to hydrolysis) is 1. The van der Waals surface area contributed by atoms with Crippen LogP contribution < -0.4 is 21.6 Å². The van der Waals surface area contributed by atoms with Crippen molar-refractivity contribution in [2.45, 2.75) is 45.3 Å². The Balaban J connectivity index is 1.41. The Bertz CT molecular complexity index is 1660. The van der Waals surface area contributed by atoms with Crippen molar-refractivity contribution >= 4 is 50.3 Å². The van der Waals surface area contributed by atoms with E-state index in [0.29, 0.717) is 27.2 Å². The normalized spacial score (nSPS) is 13.6. The van der Waals surface area contributed by atoms with Crippen LogP contribution in [0.15, 0.2) is 46.0 Å². The smallest absolute Gasteiger partial charge is 0.408 e. The number of nitrogens with one attached hydrogen (secondary N) is 3. The lowest BCUT2D eigenvalue weighted by Gasteiger charge is -2.19. The van der Waals surface area contributed by atoms with E-state index in [2.05, 4.69) is 15.0 Å². The molecule has 0 unspecified atom stereocenters. The molecule has 0 bridgehead atoms. The van der Waals surface area contributed by atoms with Crippen molar-refractivity contribution in [1.29, 1.82) is 0 Å². The van der Waals surface area contributed by atoms with Crippen LogP contribution in [0.4, 0.5) is 14.9 Å². The highest BCUT2D eigenvalue weighted by molar-refractivity contribution is 7.12. The predicted molar refractivity (Wildman–Crippen MR) is 141 cm³/mol. The van der Waals surface area contributed by atoms with Crippen molar-refractivity contribution in [1.82, 2.24) is 14.3 Å². The van der Waals surface area contributed by atoms with Gasteiger partial charge in [0.25, 0.3) is 5.56 Å². The molecule has 1 saturated carbocycles. The molecule has 4 aromatic rings. The quantitative estimate of drug-likeness (QED) is 0.355. The molecule has 1 fully saturated rings. The number of halogens is 1. The first kappa shape index (κ1) is 24.7. The molecule has 0 radical (unpaired) electrons. The highest BCUT2D eigenvalue weighted by Crippen LogP contribution is 2.40. The van der Waals surface area contributed by atoms with E-state index < -0.39 is 34.4 Å². The van der Waals surface area contributed by atoms with Gasteiger partial charge in [0.05, 0.1) is 5.52 Å². The Morgan fingerprint density at radius 3 is 2.51 bits per heavy atom. The van der Waals surface area contributed by atoms with Gasteiger partial charge in [-0.3, -0.25) is 18.8 Å². The van der Waals surface area contributed by atoms with Crippen LogP contribution in [0.5, 0.6) is 0 Å². The highest BCUT2D eigenvalue weighted by atomic mass is 32.1. The average molecular weight is 525 g/mol. The SMILES string of the molecule is CC(C)(C)OC(=O)NCC(=O)Nc1ccc(-c2cc3c(cc2F)c(=O)c2c(=O)[nH]sc2n3C2CC2)cc1. The predicted octanol–water partition coefficient (Wildman–Crippen LogP) is 4.51. The molecule has 1 aliphatic carbocycles. The zero-order chi connectivity index (χ0) is 26.5. The van der Waals surface area contributed by atoms with Crippen LogP contribution >= 0.6 is 11.5 Å². The number of benzene rings is 2. The van der Waals surface area contributed by atoms with E-state index >= 15 is 4.39 Å². The number of ether oxygens (including phenoxy) is 1. The first-order valence-corrected chi connectivity index (χ1v) is 12.6. The lowest BCUT2D eigenvalue weighted by Crippen LogP contribution is -2.37. The van der Waals surface area contributed by atoms with E-state index in [1.54, 1.807) is 51.1 Å². The number of hydrogen-bond donors (Lipinski definition) is 3. The Kier molecular flexibility index (Phi) is 6.10. The second-order valence-electron chi connectivity index (χ2n) is 9.97. The third-order valence-electron chi connectivity index (χ3n) is 5.90. The zero-order valence-corrected chi connectivity index (χ0v) is 21.3. The fourth-order valence-electron chi connectivity index (χ4n) is 4.17. The summed E-state index contributed by atoms with van der Waals surface area (Å²) in [6.07, 6.45) is 1.14. The number of carbonyl (C=O) groups is 2. The monoisotopic (exact) mass is 524 g/mol. The van der Waals surface area contributed by atoms with Crippen molar-refractivity contribution in [3.63, 3.8) is 0 Å². The fourth-order valence-corrected chi connectivity index (χ4v) is 5.10. The van der Waals surface area contributed by atoms with Gasteiger partial charge in [0.2, 0.25) is 11.3 Å². The number of rotatable bonds is 5. The molecule has 0 spiro atoms. The van der Waals surface area contributed by atoms with E-state index in [4.69, 9.17) is 4.74 Å². The molecule has 37 heavy (non-hydrogen) atoms. The second-order valence-corrected chi connectivity index (χ2v) is 10.8. The molecule has 11 heteroatoms. The van der Waals surface area contributed by atoms with E-state index in [1.807, 2.05) is 4.57 Å². The maximum atomic E-state index is 15.2. The molecule has 3 N–H and O–H groups in total. The fraction of sp³-hybridized carbons (Fsp3) is 0.308. The number of hydrogen-bond acceptors (Lipinski definition) is 6. The molecule has 0 aliphatic heterocycles. The Morgan fingerprint density at radius 2 is 1.86 bits per heavy atom. The topological polar surface area (TPSA) is 122 Å². The summed E-state index contributed by atoms with van der Waals surface area (Å²) in [4.78, 5) is 49.7. The van der Waals surface area contributed by atoms with Crippen LogP contribution in [-0.4, -0.2) is 33.1 Å². The van der Waals surface area contributed by atoms with Crippen LogP contribution in [0, 0.1) is 5.82 Å². The maximum Gasteiger partial charge on any atom is 0.408 e. The molecule has 192 valence electrons. The minimum absolute atomic E-state index is 0.0674. The first-order chi connectivity index (χ1) is 17.5. The van der Waals surface area contributed by atoms with Crippen molar-refractivity contribution < 1.29 is 18.7 Å². The van der Waals surface area contributed by atoms with Gasteiger partial charge in [0, 0.05) is 22.7 Å². The Morgan fingerprint density at radius 1 is 1.16 bits per heavy atom. The van der Waals surface area contributed by atoms with Crippen molar-refractivity contribution in [3.8, 4) is 11.1 Å². The highest BCUT2D eigenvalue weighted by Gasteiger charge is 2.29. The minimum atomic E-state index is -0.696. The molecule has 1 aliphatic rings. The van der Waals surface area contributed by atoms with Gasteiger partial charge in [-0.25, -0.2) is 9.18 Å². The van der Waals surface area contributed by atoms with Crippen LogP contribution in [0.2, 0.25) is 0 Å². The minimum Gasteiger partial charge on any atom is -0.444 e. The van der Waals surface area contributed by atoms with Crippen molar-refractivity contribution in [2.75, 3.05) is 11.9 Å². The number of nitrogens with zero attached hydrogens (tertiary/aromatic N) is 1. The van der Waals surface area contributed by atoms with Crippen LogP contribution in [0.3, 0.4) is 0 Å². The summed E-state index contributed by atoms with van der Waals surface area (Å²) in [6, 6.07) is 9.57. The molecule has 0 saturated heterocycles.